The summed E-state index contributed by atoms with van der Waals surface area (Å²) >= 11 is 0. The first-order chi connectivity index (χ1) is 8.95. The highest BCUT2D eigenvalue weighted by Crippen LogP contribution is 2.26. The van der Waals surface area contributed by atoms with Crippen molar-refractivity contribution in [2.24, 2.45) is 0 Å². The Balaban J connectivity index is 4.24. The fourth-order valence-corrected chi connectivity index (χ4v) is 2.14. The van der Waals surface area contributed by atoms with E-state index in [1.165, 1.54) is 39.5 Å². The SMILES string of the molecule is CCCCCCCCC(CC)(OC(C)=O)OC(C)=O. The van der Waals surface area contributed by atoms with Gasteiger partial charge in [0.2, 0.25) is 0 Å². The predicted octanol–water partition coefficient (Wildman–Crippen LogP) is 3.97. The van der Waals surface area contributed by atoms with Crippen LogP contribution < -0.4 is 0 Å². The summed E-state index contributed by atoms with van der Waals surface area (Å²) in [7, 11) is 0. The van der Waals surface area contributed by atoms with E-state index in [0.717, 1.165) is 12.8 Å². The highest BCUT2D eigenvalue weighted by atomic mass is 16.7. The Bertz CT molecular complexity index is 257. The molecule has 112 valence electrons. The second-order valence-corrected chi connectivity index (χ2v) is 4.97. The van der Waals surface area contributed by atoms with Crippen LogP contribution in [0.4, 0.5) is 0 Å². The van der Waals surface area contributed by atoms with Crippen LogP contribution in [0.3, 0.4) is 0 Å². The van der Waals surface area contributed by atoms with E-state index in [0.29, 0.717) is 12.8 Å². The van der Waals surface area contributed by atoms with Gasteiger partial charge in [-0.1, -0.05) is 46.0 Å². The van der Waals surface area contributed by atoms with Gasteiger partial charge in [0.15, 0.2) is 0 Å². The maximum Gasteiger partial charge on any atom is 0.305 e. The van der Waals surface area contributed by atoms with Crippen molar-refractivity contribution in [3.63, 3.8) is 0 Å². The fourth-order valence-electron chi connectivity index (χ4n) is 2.14. The summed E-state index contributed by atoms with van der Waals surface area (Å²) in [5, 5.41) is 0. The van der Waals surface area contributed by atoms with E-state index in [2.05, 4.69) is 6.92 Å². The number of unbranched alkanes of at least 4 members (excludes halogenated alkanes) is 5. The van der Waals surface area contributed by atoms with Crippen molar-refractivity contribution < 1.29 is 19.1 Å². The molecular formula is C15H28O4. The van der Waals surface area contributed by atoms with Crippen molar-refractivity contribution in [1.29, 1.82) is 0 Å². The number of carbonyl (C=O) groups excluding carboxylic acids is 2. The fraction of sp³-hybridized carbons (Fsp3) is 0.867. The van der Waals surface area contributed by atoms with Gasteiger partial charge in [0.1, 0.15) is 0 Å². The zero-order chi connectivity index (χ0) is 14.7. The third-order valence-corrected chi connectivity index (χ3v) is 3.11. The third-order valence-electron chi connectivity index (χ3n) is 3.11. The number of ether oxygens (including phenoxy) is 2. The number of esters is 2. The van der Waals surface area contributed by atoms with Crippen LogP contribution in [0.15, 0.2) is 0 Å². The highest BCUT2D eigenvalue weighted by molar-refractivity contribution is 5.68. The molecule has 19 heavy (non-hydrogen) atoms. The number of hydrogen-bond donors (Lipinski definition) is 0. The van der Waals surface area contributed by atoms with E-state index in [1.54, 1.807) is 0 Å². The Morgan fingerprint density at radius 1 is 0.842 bits per heavy atom. The molecule has 0 rings (SSSR count). The molecule has 0 spiro atoms. The van der Waals surface area contributed by atoms with Crippen LogP contribution in [-0.2, 0) is 19.1 Å². The molecule has 0 saturated carbocycles. The van der Waals surface area contributed by atoms with Gasteiger partial charge in [-0.2, -0.15) is 0 Å². The topological polar surface area (TPSA) is 52.6 Å². The number of rotatable bonds is 10. The van der Waals surface area contributed by atoms with Crippen LogP contribution in [0, 0.1) is 0 Å². The lowest BCUT2D eigenvalue weighted by Crippen LogP contribution is -2.38. The summed E-state index contributed by atoms with van der Waals surface area (Å²) in [5.74, 6) is -1.88. The second kappa shape index (κ2) is 9.82. The molecule has 4 nitrogen and oxygen atoms in total. The minimum atomic E-state index is -1.07. The maximum atomic E-state index is 11.2. The maximum absolute atomic E-state index is 11.2. The molecule has 0 aliphatic heterocycles. The van der Waals surface area contributed by atoms with Crippen molar-refractivity contribution in [1.82, 2.24) is 0 Å². The Morgan fingerprint density at radius 2 is 1.32 bits per heavy atom. The highest BCUT2D eigenvalue weighted by Gasteiger charge is 2.34. The first kappa shape index (κ1) is 17.9. The normalized spacial score (nSPS) is 11.2. The van der Waals surface area contributed by atoms with Crippen molar-refractivity contribution in [2.75, 3.05) is 0 Å². The molecule has 0 aromatic heterocycles. The van der Waals surface area contributed by atoms with Gasteiger partial charge in [-0.25, -0.2) is 0 Å². The number of hydrogen-bond acceptors (Lipinski definition) is 4. The predicted molar refractivity (Wildman–Crippen MR) is 74.5 cm³/mol. The molecule has 0 unspecified atom stereocenters. The Hall–Kier alpha value is -1.06. The molecule has 0 amide bonds. The summed E-state index contributed by atoms with van der Waals surface area (Å²) in [6.45, 7) is 6.73. The van der Waals surface area contributed by atoms with Gasteiger partial charge in [-0.15, -0.1) is 0 Å². The van der Waals surface area contributed by atoms with Crippen molar-refractivity contribution in [2.45, 2.75) is 84.8 Å². The lowest BCUT2D eigenvalue weighted by Gasteiger charge is -2.31. The van der Waals surface area contributed by atoms with Crippen LogP contribution in [0.2, 0.25) is 0 Å². The second-order valence-electron chi connectivity index (χ2n) is 4.97. The van der Waals surface area contributed by atoms with Crippen LogP contribution in [0.5, 0.6) is 0 Å². The molecule has 0 aromatic rings. The van der Waals surface area contributed by atoms with E-state index in [-0.39, 0.29) is 0 Å². The largest absolute Gasteiger partial charge is 0.423 e. The van der Waals surface area contributed by atoms with Crippen LogP contribution >= 0.6 is 0 Å². The first-order valence-electron chi connectivity index (χ1n) is 7.35. The first-order valence-corrected chi connectivity index (χ1v) is 7.35. The number of carbonyl (C=O) groups is 2. The zero-order valence-electron chi connectivity index (χ0n) is 12.8. The zero-order valence-corrected chi connectivity index (χ0v) is 12.8. The lowest BCUT2D eigenvalue weighted by molar-refractivity contribution is -0.230. The van der Waals surface area contributed by atoms with E-state index in [4.69, 9.17) is 9.47 Å². The Kier molecular flexibility index (Phi) is 9.27. The minimum absolute atomic E-state index is 0.408. The van der Waals surface area contributed by atoms with Gasteiger partial charge in [-0.3, -0.25) is 9.59 Å². The smallest absolute Gasteiger partial charge is 0.305 e. The lowest BCUT2D eigenvalue weighted by atomic mass is 10.0. The van der Waals surface area contributed by atoms with Gasteiger partial charge in [0.05, 0.1) is 0 Å². The van der Waals surface area contributed by atoms with Crippen LogP contribution in [-0.4, -0.2) is 17.7 Å². The van der Waals surface area contributed by atoms with Crippen molar-refractivity contribution >= 4 is 11.9 Å². The molecule has 0 atom stereocenters. The molecule has 0 heterocycles. The van der Waals surface area contributed by atoms with Gasteiger partial charge in [-0.05, 0) is 6.42 Å². The molecule has 0 radical (unpaired) electrons. The molecule has 0 aromatic carbocycles. The van der Waals surface area contributed by atoms with Crippen molar-refractivity contribution in [3.05, 3.63) is 0 Å². The summed E-state index contributed by atoms with van der Waals surface area (Å²) in [6, 6.07) is 0. The summed E-state index contributed by atoms with van der Waals surface area (Å²) < 4.78 is 10.5. The minimum Gasteiger partial charge on any atom is -0.423 e. The van der Waals surface area contributed by atoms with E-state index in [1.807, 2.05) is 6.92 Å². The molecule has 0 saturated heterocycles. The Labute approximate surface area is 116 Å². The standard InChI is InChI=1S/C15H28O4/c1-5-7-8-9-10-11-12-15(6-2,18-13(3)16)19-14(4)17/h5-12H2,1-4H3. The monoisotopic (exact) mass is 272 g/mol. The summed E-state index contributed by atoms with van der Waals surface area (Å²) in [4.78, 5) is 22.3. The average Bonchev–Trinajstić information content (AvgIpc) is 2.31. The molecular weight excluding hydrogens is 244 g/mol. The van der Waals surface area contributed by atoms with Gasteiger partial charge in [0, 0.05) is 26.7 Å². The van der Waals surface area contributed by atoms with E-state index in [9.17, 15) is 9.59 Å². The molecule has 4 heteroatoms. The molecule has 0 bridgehead atoms. The average molecular weight is 272 g/mol. The van der Waals surface area contributed by atoms with Crippen LogP contribution in [0.25, 0.3) is 0 Å². The van der Waals surface area contributed by atoms with E-state index >= 15 is 0 Å². The van der Waals surface area contributed by atoms with Crippen LogP contribution in [0.1, 0.15) is 79.1 Å². The summed E-state index contributed by atoms with van der Waals surface area (Å²) in [5.41, 5.74) is 0. The molecule has 0 fully saturated rings. The molecule has 0 N–H and O–H groups in total. The third kappa shape index (κ3) is 8.62. The van der Waals surface area contributed by atoms with Crippen molar-refractivity contribution in [3.8, 4) is 0 Å². The van der Waals surface area contributed by atoms with Gasteiger partial charge in [0.25, 0.3) is 5.79 Å². The summed E-state index contributed by atoms with van der Waals surface area (Å²) in [6.07, 6.45) is 7.93. The molecule has 0 aliphatic carbocycles. The molecule has 0 aliphatic rings. The Morgan fingerprint density at radius 3 is 1.74 bits per heavy atom. The quantitative estimate of drug-likeness (QED) is 0.343. The van der Waals surface area contributed by atoms with Gasteiger partial charge < -0.3 is 9.47 Å². The van der Waals surface area contributed by atoms with Gasteiger partial charge >= 0.3 is 11.9 Å². The van der Waals surface area contributed by atoms with E-state index < -0.39 is 17.7 Å².